The molecule has 32 heavy (non-hydrogen) atoms. The number of rotatable bonds is 16. The molecule has 0 radical (unpaired) electrons. The van der Waals surface area contributed by atoms with Crippen LogP contribution in [0.3, 0.4) is 0 Å². The second kappa shape index (κ2) is 15.0. The van der Waals surface area contributed by atoms with Gasteiger partial charge in [0.2, 0.25) is 23.6 Å². The van der Waals surface area contributed by atoms with Crippen LogP contribution in [0.2, 0.25) is 0 Å². The maximum absolute atomic E-state index is 12.6. The van der Waals surface area contributed by atoms with E-state index in [1.165, 1.54) is 0 Å². The maximum Gasteiger partial charge on any atom is 0.326 e. The van der Waals surface area contributed by atoms with E-state index in [-0.39, 0.29) is 12.2 Å². The van der Waals surface area contributed by atoms with Gasteiger partial charge in [-0.25, -0.2) is 4.79 Å². The summed E-state index contributed by atoms with van der Waals surface area (Å²) < 4.78 is 0. The molecule has 4 amide bonds. The van der Waals surface area contributed by atoms with Gasteiger partial charge in [0.1, 0.15) is 18.1 Å². The van der Waals surface area contributed by atoms with Crippen molar-refractivity contribution in [2.75, 3.05) is 12.3 Å². The summed E-state index contributed by atoms with van der Waals surface area (Å²) in [6.07, 6.45) is -0.600. The molecule has 0 fully saturated rings. The standard InChI is InChI=1S/C17H30N6O8S/c18-4-2-1-3-9(15(28)23-11(17(30)31)5-12(20)24)21-16(29)10(6-13(25)26)22-14(27)8(19)7-32/h8-11,32H,1-7,18-19H2,(H2,20,24)(H,21,29)(H,22,27)(H,23,28)(H,25,26)(H,30,31). The molecule has 0 aliphatic rings. The normalized spacial score (nSPS) is 14.3. The second-order valence-corrected chi connectivity index (χ2v) is 7.23. The molecular formula is C17H30N6O8S. The molecule has 0 spiro atoms. The molecule has 0 heterocycles. The summed E-state index contributed by atoms with van der Waals surface area (Å²) in [5.74, 6) is -6.70. The lowest BCUT2D eigenvalue weighted by atomic mass is 10.1. The molecule has 0 rings (SSSR count). The summed E-state index contributed by atoms with van der Waals surface area (Å²) >= 11 is 3.85. The molecule has 0 aromatic carbocycles. The van der Waals surface area contributed by atoms with Crippen molar-refractivity contribution < 1.29 is 39.0 Å². The number of hydrogen-bond donors (Lipinski definition) is 9. The van der Waals surface area contributed by atoms with Crippen LogP contribution in [0.1, 0.15) is 32.1 Å². The molecule has 182 valence electrons. The Labute approximate surface area is 189 Å². The molecule has 0 aromatic heterocycles. The van der Waals surface area contributed by atoms with Crippen LogP contribution in [-0.2, 0) is 28.8 Å². The van der Waals surface area contributed by atoms with E-state index in [1.54, 1.807) is 0 Å². The van der Waals surface area contributed by atoms with E-state index >= 15 is 0 Å². The fraction of sp³-hybridized carbons (Fsp3) is 0.647. The second-order valence-electron chi connectivity index (χ2n) is 6.86. The lowest BCUT2D eigenvalue weighted by molar-refractivity contribution is -0.144. The van der Waals surface area contributed by atoms with Crippen molar-refractivity contribution in [1.29, 1.82) is 0 Å². The van der Waals surface area contributed by atoms with Crippen molar-refractivity contribution in [3.8, 4) is 0 Å². The minimum absolute atomic E-state index is 0.0293. The molecule has 0 saturated carbocycles. The molecule has 0 aliphatic heterocycles. The van der Waals surface area contributed by atoms with Crippen molar-refractivity contribution in [3.05, 3.63) is 0 Å². The Morgan fingerprint density at radius 1 is 0.812 bits per heavy atom. The highest BCUT2D eigenvalue weighted by Gasteiger charge is 2.31. The number of thiol groups is 1. The molecule has 14 nitrogen and oxygen atoms in total. The Hall–Kier alpha value is -2.91. The molecular weight excluding hydrogens is 448 g/mol. The van der Waals surface area contributed by atoms with Crippen LogP contribution in [0.5, 0.6) is 0 Å². The summed E-state index contributed by atoms with van der Waals surface area (Å²) in [4.78, 5) is 70.6. The molecule has 0 aliphatic carbocycles. The molecule has 15 heteroatoms. The smallest absolute Gasteiger partial charge is 0.326 e. The summed E-state index contributed by atoms with van der Waals surface area (Å²) in [6, 6.07) is -5.58. The number of carboxylic acids is 2. The van der Waals surface area contributed by atoms with E-state index in [0.29, 0.717) is 19.4 Å². The van der Waals surface area contributed by atoms with Gasteiger partial charge in [-0.2, -0.15) is 12.6 Å². The Morgan fingerprint density at radius 3 is 1.81 bits per heavy atom. The van der Waals surface area contributed by atoms with E-state index in [0.717, 1.165) is 0 Å². The Morgan fingerprint density at radius 2 is 1.34 bits per heavy atom. The number of nitrogens with two attached hydrogens (primary N) is 3. The first-order valence-electron chi connectivity index (χ1n) is 9.63. The van der Waals surface area contributed by atoms with Crippen LogP contribution in [0, 0.1) is 0 Å². The van der Waals surface area contributed by atoms with E-state index in [2.05, 4.69) is 28.6 Å². The molecule has 0 bridgehead atoms. The monoisotopic (exact) mass is 478 g/mol. The Bertz CT molecular complexity index is 707. The molecule has 0 saturated heterocycles. The van der Waals surface area contributed by atoms with E-state index in [1.807, 2.05) is 0 Å². The van der Waals surface area contributed by atoms with Gasteiger partial charge in [-0.05, 0) is 25.8 Å². The summed E-state index contributed by atoms with van der Waals surface area (Å²) in [5, 5.41) is 24.8. The number of carbonyl (C=O) groups excluding carboxylic acids is 4. The lowest BCUT2D eigenvalue weighted by Gasteiger charge is -2.24. The van der Waals surface area contributed by atoms with Crippen molar-refractivity contribution in [2.45, 2.75) is 56.3 Å². The van der Waals surface area contributed by atoms with Gasteiger partial charge in [0.05, 0.1) is 18.9 Å². The van der Waals surface area contributed by atoms with Gasteiger partial charge in [-0.1, -0.05) is 0 Å². The van der Waals surface area contributed by atoms with Gasteiger partial charge in [-0.15, -0.1) is 0 Å². The van der Waals surface area contributed by atoms with E-state index in [4.69, 9.17) is 27.4 Å². The third-order valence-corrected chi connectivity index (χ3v) is 4.54. The first-order chi connectivity index (χ1) is 14.9. The first-order valence-corrected chi connectivity index (χ1v) is 10.3. The van der Waals surface area contributed by atoms with Gasteiger partial charge < -0.3 is 43.4 Å². The molecule has 4 atom stereocenters. The Kier molecular flexibility index (Phi) is 13.6. The van der Waals surface area contributed by atoms with Crippen molar-refractivity contribution in [1.82, 2.24) is 16.0 Å². The summed E-state index contributed by atoms with van der Waals surface area (Å²) in [5.41, 5.74) is 15.9. The predicted molar refractivity (Wildman–Crippen MR) is 114 cm³/mol. The van der Waals surface area contributed by atoms with Crippen LogP contribution >= 0.6 is 12.6 Å². The minimum atomic E-state index is -1.63. The molecule has 0 aromatic rings. The fourth-order valence-corrected chi connectivity index (χ4v) is 2.62. The molecule has 4 unspecified atom stereocenters. The van der Waals surface area contributed by atoms with Crippen LogP contribution in [-0.4, -0.2) is 82.2 Å². The minimum Gasteiger partial charge on any atom is -0.481 e. The average molecular weight is 479 g/mol. The van der Waals surface area contributed by atoms with Crippen LogP contribution in [0.25, 0.3) is 0 Å². The number of hydrogen-bond acceptors (Lipinski definition) is 9. The Balaban J connectivity index is 5.50. The zero-order valence-electron chi connectivity index (χ0n) is 17.3. The number of amides is 4. The van der Waals surface area contributed by atoms with E-state index in [9.17, 15) is 28.8 Å². The SMILES string of the molecule is NCCCCC(NC(=O)C(CC(=O)O)NC(=O)C(N)CS)C(=O)NC(CC(N)=O)C(=O)O. The zero-order valence-corrected chi connectivity index (χ0v) is 18.2. The number of primary amides is 1. The van der Waals surface area contributed by atoms with Crippen molar-refractivity contribution in [3.63, 3.8) is 0 Å². The van der Waals surface area contributed by atoms with Crippen LogP contribution in [0.15, 0.2) is 0 Å². The molecule has 11 N–H and O–H groups in total. The van der Waals surface area contributed by atoms with Crippen molar-refractivity contribution >= 4 is 48.2 Å². The maximum atomic E-state index is 12.6. The number of nitrogens with one attached hydrogen (secondary N) is 3. The highest BCUT2D eigenvalue weighted by atomic mass is 32.1. The highest BCUT2D eigenvalue weighted by Crippen LogP contribution is 2.05. The summed E-state index contributed by atoms with van der Waals surface area (Å²) in [7, 11) is 0. The first kappa shape index (κ1) is 29.1. The van der Waals surface area contributed by atoms with Crippen molar-refractivity contribution in [2.24, 2.45) is 17.2 Å². The van der Waals surface area contributed by atoms with Crippen LogP contribution in [0.4, 0.5) is 0 Å². The third-order valence-electron chi connectivity index (χ3n) is 4.14. The largest absolute Gasteiger partial charge is 0.481 e. The van der Waals surface area contributed by atoms with Gasteiger partial charge in [-0.3, -0.25) is 24.0 Å². The number of carbonyl (C=O) groups is 6. The van der Waals surface area contributed by atoms with Gasteiger partial charge >= 0.3 is 11.9 Å². The lowest BCUT2D eigenvalue weighted by Crippen LogP contribution is -2.57. The predicted octanol–water partition coefficient (Wildman–Crippen LogP) is -3.74. The quantitative estimate of drug-likeness (QED) is 0.0773. The topological polar surface area (TPSA) is 257 Å². The fourth-order valence-electron chi connectivity index (χ4n) is 2.45. The zero-order chi connectivity index (χ0) is 24.8. The highest BCUT2D eigenvalue weighted by molar-refractivity contribution is 7.80. The number of carboxylic acid groups (broad SMARTS) is 2. The number of aliphatic carboxylic acids is 2. The van der Waals surface area contributed by atoms with Gasteiger partial charge in [0, 0.05) is 5.75 Å². The average Bonchev–Trinajstić information content (AvgIpc) is 2.70. The number of unbranched alkanes of at least 4 members (excludes halogenated alkanes) is 1. The van der Waals surface area contributed by atoms with Gasteiger partial charge in [0.15, 0.2) is 0 Å². The van der Waals surface area contributed by atoms with E-state index < -0.39 is 72.6 Å². The summed E-state index contributed by atoms with van der Waals surface area (Å²) in [6.45, 7) is 0.293. The van der Waals surface area contributed by atoms with Gasteiger partial charge in [0.25, 0.3) is 0 Å². The third kappa shape index (κ3) is 11.5. The van der Waals surface area contributed by atoms with Crippen LogP contribution < -0.4 is 33.2 Å².